The van der Waals surface area contributed by atoms with Crippen molar-refractivity contribution in [3.8, 4) is 0 Å². The normalized spacial score (nSPS) is 18.0. The van der Waals surface area contributed by atoms with Gasteiger partial charge < -0.3 is 9.90 Å². The van der Waals surface area contributed by atoms with Gasteiger partial charge in [0.15, 0.2) is 0 Å². The molecule has 0 radical (unpaired) electrons. The van der Waals surface area contributed by atoms with E-state index in [1.165, 1.54) is 4.31 Å². The van der Waals surface area contributed by atoms with Gasteiger partial charge in [-0.05, 0) is 33.6 Å². The molecule has 1 aromatic rings. The number of hydrogen-bond acceptors (Lipinski definition) is 5. The van der Waals surface area contributed by atoms with Crippen molar-refractivity contribution in [3.63, 3.8) is 0 Å². The number of nitrogens with zero attached hydrogens (tertiary/aromatic N) is 3. The summed E-state index contributed by atoms with van der Waals surface area (Å²) in [6, 6.07) is 0. The molecule has 0 spiro atoms. The van der Waals surface area contributed by atoms with Crippen LogP contribution in [-0.4, -0.2) is 41.6 Å². The lowest BCUT2D eigenvalue weighted by Crippen LogP contribution is -2.43. The van der Waals surface area contributed by atoms with E-state index in [0.717, 1.165) is 0 Å². The van der Waals surface area contributed by atoms with Crippen LogP contribution < -0.4 is 5.11 Å². The molecule has 118 valence electrons. The van der Waals surface area contributed by atoms with Crippen molar-refractivity contribution in [2.45, 2.75) is 45.1 Å². The summed E-state index contributed by atoms with van der Waals surface area (Å²) in [4.78, 5) is 11.1. The van der Waals surface area contributed by atoms with Gasteiger partial charge in [0.25, 0.3) is 0 Å². The van der Waals surface area contributed by atoms with E-state index in [-0.39, 0.29) is 18.0 Å². The maximum absolute atomic E-state index is 12.7. The molecule has 0 amide bonds. The third-order valence-corrected chi connectivity index (χ3v) is 6.15. The van der Waals surface area contributed by atoms with Crippen molar-refractivity contribution in [1.29, 1.82) is 0 Å². The standard InChI is InChI=1S/C13H21N3O4S/c1-4-16-10(3)12(9(2)14-16)21(19,20)15-7-5-11(6-8-15)13(17)18/h11H,4-8H2,1-3H3,(H,17,18)/p-1. The summed E-state index contributed by atoms with van der Waals surface area (Å²) in [5.74, 6) is -1.66. The van der Waals surface area contributed by atoms with Crippen molar-refractivity contribution >= 4 is 16.0 Å². The summed E-state index contributed by atoms with van der Waals surface area (Å²) < 4.78 is 28.5. The van der Waals surface area contributed by atoms with Crippen LogP contribution in [0.4, 0.5) is 0 Å². The molecule has 1 aliphatic rings. The Morgan fingerprint density at radius 2 is 1.90 bits per heavy atom. The summed E-state index contributed by atoms with van der Waals surface area (Å²) in [7, 11) is -3.63. The van der Waals surface area contributed by atoms with Crippen molar-refractivity contribution in [1.82, 2.24) is 14.1 Å². The van der Waals surface area contributed by atoms with Crippen molar-refractivity contribution < 1.29 is 18.3 Å². The van der Waals surface area contributed by atoms with Gasteiger partial charge in [-0.25, -0.2) is 8.42 Å². The molecule has 1 saturated heterocycles. The zero-order chi connectivity index (χ0) is 15.8. The van der Waals surface area contributed by atoms with E-state index in [1.807, 2.05) is 6.92 Å². The van der Waals surface area contributed by atoms with E-state index >= 15 is 0 Å². The molecule has 0 atom stereocenters. The van der Waals surface area contributed by atoms with Gasteiger partial charge in [-0.1, -0.05) is 0 Å². The van der Waals surface area contributed by atoms with Gasteiger partial charge in [-0.15, -0.1) is 0 Å². The zero-order valence-corrected chi connectivity index (χ0v) is 13.3. The van der Waals surface area contributed by atoms with Gasteiger partial charge in [-0.2, -0.15) is 9.40 Å². The maximum atomic E-state index is 12.7. The topological polar surface area (TPSA) is 95.3 Å². The van der Waals surface area contributed by atoms with Crippen molar-refractivity contribution in [2.24, 2.45) is 5.92 Å². The van der Waals surface area contributed by atoms with Crippen LogP contribution in [0.3, 0.4) is 0 Å². The Morgan fingerprint density at radius 1 is 1.33 bits per heavy atom. The first-order chi connectivity index (χ1) is 9.78. The van der Waals surface area contributed by atoms with E-state index in [1.54, 1.807) is 18.5 Å². The highest BCUT2D eigenvalue weighted by Crippen LogP contribution is 2.27. The minimum atomic E-state index is -3.63. The fraction of sp³-hybridized carbons (Fsp3) is 0.692. The van der Waals surface area contributed by atoms with E-state index < -0.39 is 21.9 Å². The van der Waals surface area contributed by atoms with Gasteiger partial charge in [0, 0.05) is 31.5 Å². The van der Waals surface area contributed by atoms with Crippen LogP contribution >= 0.6 is 0 Å². The Bertz CT molecular complexity index is 643. The molecule has 0 saturated carbocycles. The fourth-order valence-corrected chi connectivity index (χ4v) is 4.67. The number of hydrogen-bond donors (Lipinski definition) is 0. The molecule has 1 fully saturated rings. The first-order valence-corrected chi connectivity index (χ1v) is 8.48. The summed E-state index contributed by atoms with van der Waals surface area (Å²) >= 11 is 0. The molecule has 0 unspecified atom stereocenters. The number of carboxylic acid groups (broad SMARTS) is 1. The van der Waals surface area contributed by atoms with Gasteiger partial charge in [0.2, 0.25) is 10.0 Å². The number of aryl methyl sites for hydroxylation is 2. The second-order valence-electron chi connectivity index (χ2n) is 5.31. The van der Waals surface area contributed by atoms with Crippen LogP contribution in [0.5, 0.6) is 0 Å². The number of aromatic nitrogens is 2. The lowest BCUT2D eigenvalue weighted by molar-refractivity contribution is -0.312. The molecule has 8 heteroatoms. The monoisotopic (exact) mass is 314 g/mol. The number of carbonyl (C=O) groups excluding carboxylic acids is 1. The summed E-state index contributed by atoms with van der Waals surface area (Å²) in [5, 5.41) is 15.1. The van der Waals surface area contributed by atoms with Crippen LogP contribution in [0, 0.1) is 19.8 Å². The Hall–Kier alpha value is -1.41. The van der Waals surface area contributed by atoms with E-state index in [0.29, 0.717) is 30.8 Å². The second kappa shape index (κ2) is 5.76. The molecule has 0 aliphatic carbocycles. The number of rotatable bonds is 4. The average molecular weight is 314 g/mol. The second-order valence-corrected chi connectivity index (χ2v) is 7.19. The Morgan fingerprint density at radius 3 is 2.33 bits per heavy atom. The molecule has 21 heavy (non-hydrogen) atoms. The van der Waals surface area contributed by atoms with Crippen LogP contribution in [0.1, 0.15) is 31.2 Å². The first kappa shape index (κ1) is 16.0. The Labute approximate surface area is 124 Å². The molecule has 0 aromatic carbocycles. The van der Waals surface area contributed by atoms with E-state index in [9.17, 15) is 18.3 Å². The lowest BCUT2D eigenvalue weighted by atomic mass is 9.99. The third-order valence-electron chi connectivity index (χ3n) is 4.00. The minimum Gasteiger partial charge on any atom is -0.550 e. The predicted molar refractivity (Wildman–Crippen MR) is 73.9 cm³/mol. The van der Waals surface area contributed by atoms with E-state index in [2.05, 4.69) is 5.10 Å². The molecule has 2 rings (SSSR count). The number of aliphatic carboxylic acids is 1. The van der Waals surface area contributed by atoms with Gasteiger partial charge >= 0.3 is 0 Å². The maximum Gasteiger partial charge on any atom is 0.246 e. The molecule has 1 aliphatic heterocycles. The highest BCUT2D eigenvalue weighted by molar-refractivity contribution is 7.89. The lowest BCUT2D eigenvalue weighted by Gasteiger charge is -2.31. The number of piperidine rings is 1. The predicted octanol–water partition coefficient (Wildman–Crippen LogP) is -0.330. The van der Waals surface area contributed by atoms with Gasteiger partial charge in [-0.3, -0.25) is 4.68 Å². The molecule has 1 aromatic heterocycles. The minimum absolute atomic E-state index is 0.206. The molecule has 7 nitrogen and oxygen atoms in total. The highest BCUT2D eigenvalue weighted by atomic mass is 32.2. The molecule has 0 bridgehead atoms. The third kappa shape index (κ3) is 2.82. The summed E-state index contributed by atoms with van der Waals surface area (Å²) in [6.07, 6.45) is 0.586. The van der Waals surface area contributed by atoms with Crippen LogP contribution in [0.2, 0.25) is 0 Å². The van der Waals surface area contributed by atoms with Crippen LogP contribution in [-0.2, 0) is 21.4 Å². The van der Waals surface area contributed by atoms with Crippen molar-refractivity contribution in [2.75, 3.05) is 13.1 Å². The quantitative estimate of drug-likeness (QED) is 0.758. The molecule has 0 N–H and O–H groups in total. The molecule has 2 heterocycles. The Kier molecular flexibility index (Phi) is 4.38. The largest absolute Gasteiger partial charge is 0.550 e. The van der Waals surface area contributed by atoms with Gasteiger partial charge in [0.05, 0.1) is 11.4 Å². The van der Waals surface area contributed by atoms with Crippen LogP contribution in [0.25, 0.3) is 0 Å². The van der Waals surface area contributed by atoms with Crippen LogP contribution in [0.15, 0.2) is 4.90 Å². The Balaban J connectivity index is 2.28. The smallest absolute Gasteiger partial charge is 0.246 e. The van der Waals surface area contributed by atoms with E-state index in [4.69, 9.17) is 0 Å². The zero-order valence-electron chi connectivity index (χ0n) is 12.5. The molecular formula is C13H20N3O4S-. The average Bonchev–Trinajstić information content (AvgIpc) is 2.73. The number of carbonyl (C=O) groups is 1. The van der Waals surface area contributed by atoms with Gasteiger partial charge in [0.1, 0.15) is 4.90 Å². The van der Waals surface area contributed by atoms with Crippen molar-refractivity contribution in [3.05, 3.63) is 11.4 Å². The first-order valence-electron chi connectivity index (χ1n) is 7.04. The SMILES string of the molecule is CCn1nc(C)c(S(=O)(=O)N2CCC(C(=O)[O-])CC2)c1C. The number of carboxylic acids is 1. The molecular weight excluding hydrogens is 294 g/mol. The summed E-state index contributed by atoms with van der Waals surface area (Å²) in [5.41, 5.74) is 1.10. The number of sulfonamides is 1. The summed E-state index contributed by atoms with van der Waals surface area (Å²) in [6.45, 7) is 6.34. The highest BCUT2D eigenvalue weighted by Gasteiger charge is 2.33. The fourth-order valence-electron chi connectivity index (χ4n) is 2.82.